The molecule has 0 spiro atoms. The molecule has 1 aromatic heterocycles. The number of aromatic nitrogens is 2. The summed E-state index contributed by atoms with van der Waals surface area (Å²) >= 11 is 1.87. The van der Waals surface area contributed by atoms with Crippen LogP contribution in [-0.4, -0.2) is 16.2 Å². The first-order chi connectivity index (χ1) is 10.7. The van der Waals surface area contributed by atoms with Crippen molar-refractivity contribution in [1.29, 1.82) is 0 Å². The summed E-state index contributed by atoms with van der Waals surface area (Å²) in [5.74, 6) is 1.74. The van der Waals surface area contributed by atoms with Gasteiger partial charge in [-0.05, 0) is 49.1 Å². The molecule has 2 aromatic rings. The fourth-order valence-electron chi connectivity index (χ4n) is 2.66. The lowest BCUT2D eigenvalue weighted by Gasteiger charge is -2.14. The van der Waals surface area contributed by atoms with E-state index in [4.69, 9.17) is 5.73 Å². The van der Waals surface area contributed by atoms with Crippen LogP contribution in [0.3, 0.4) is 0 Å². The minimum Gasteiger partial charge on any atom is -0.383 e. The van der Waals surface area contributed by atoms with Crippen molar-refractivity contribution in [3.63, 3.8) is 0 Å². The average molecular weight is 314 g/mol. The molecule has 1 atom stereocenters. The third-order valence-electron chi connectivity index (χ3n) is 4.04. The van der Waals surface area contributed by atoms with E-state index in [1.807, 2.05) is 24.0 Å². The van der Waals surface area contributed by atoms with Crippen LogP contribution in [-0.2, 0) is 0 Å². The number of nitrogens with zero attached hydrogens (tertiary/aromatic N) is 2. The van der Waals surface area contributed by atoms with Gasteiger partial charge in [0.15, 0.2) is 0 Å². The normalized spacial score (nSPS) is 15.5. The lowest BCUT2D eigenvalue weighted by atomic mass is 10.1. The number of rotatable bonds is 6. The first-order valence-electron chi connectivity index (χ1n) is 7.73. The van der Waals surface area contributed by atoms with Gasteiger partial charge in [0, 0.05) is 22.7 Å². The summed E-state index contributed by atoms with van der Waals surface area (Å²) in [5, 5.41) is 3.78. The summed E-state index contributed by atoms with van der Waals surface area (Å²) in [5.41, 5.74) is 9.46. The zero-order valence-corrected chi connectivity index (χ0v) is 13.9. The number of anilines is 3. The molecule has 3 rings (SSSR count). The van der Waals surface area contributed by atoms with Crippen LogP contribution in [0, 0.1) is 0 Å². The average Bonchev–Trinajstić information content (AvgIpc) is 3.34. The van der Waals surface area contributed by atoms with E-state index in [0.717, 1.165) is 17.7 Å². The van der Waals surface area contributed by atoms with Gasteiger partial charge in [0.05, 0.1) is 0 Å². The molecule has 1 aromatic carbocycles. The zero-order valence-electron chi connectivity index (χ0n) is 13.0. The molecule has 1 heterocycles. The van der Waals surface area contributed by atoms with E-state index < -0.39 is 0 Å². The van der Waals surface area contributed by atoms with Crippen LogP contribution in [0.5, 0.6) is 0 Å². The van der Waals surface area contributed by atoms with Crippen LogP contribution < -0.4 is 11.1 Å². The van der Waals surface area contributed by atoms with E-state index in [2.05, 4.69) is 46.7 Å². The predicted octanol–water partition coefficient (Wildman–Crippen LogP) is 4.49. The quantitative estimate of drug-likeness (QED) is 0.822. The van der Waals surface area contributed by atoms with Crippen LogP contribution in [0.1, 0.15) is 48.5 Å². The highest BCUT2D eigenvalue weighted by atomic mass is 32.2. The molecular weight excluding hydrogens is 292 g/mol. The topological polar surface area (TPSA) is 63.8 Å². The van der Waals surface area contributed by atoms with Gasteiger partial charge in [-0.1, -0.05) is 19.1 Å². The second kappa shape index (κ2) is 6.57. The second-order valence-electron chi connectivity index (χ2n) is 5.69. The van der Waals surface area contributed by atoms with Gasteiger partial charge in [0.25, 0.3) is 0 Å². The lowest BCUT2D eigenvalue weighted by molar-refractivity contribution is 0.898. The van der Waals surface area contributed by atoms with Crippen LogP contribution in [0.2, 0.25) is 0 Å². The van der Waals surface area contributed by atoms with Crippen molar-refractivity contribution in [2.45, 2.75) is 37.4 Å². The molecule has 1 fully saturated rings. The molecular formula is C17H22N4S. The SMILES string of the molecule is CCC(SC)c1cccc(Nc2ncc(C3CC3)c(N)n2)c1. The summed E-state index contributed by atoms with van der Waals surface area (Å²) in [7, 11) is 0. The molecule has 0 amide bonds. The Hall–Kier alpha value is -1.75. The molecule has 1 unspecified atom stereocenters. The number of nitrogens with one attached hydrogen (secondary N) is 1. The molecule has 1 aliphatic rings. The standard InChI is InChI=1S/C17H22N4S/c1-3-15(22-2)12-5-4-6-13(9-12)20-17-19-10-14(11-7-8-11)16(18)21-17/h4-6,9-11,15H,3,7-8H2,1-2H3,(H3,18,19,20,21). The van der Waals surface area contributed by atoms with Crippen LogP contribution in [0.25, 0.3) is 0 Å². The maximum absolute atomic E-state index is 6.04. The molecule has 1 aliphatic carbocycles. The Bertz CT molecular complexity index is 651. The summed E-state index contributed by atoms with van der Waals surface area (Å²) in [6.07, 6.45) is 7.53. The summed E-state index contributed by atoms with van der Waals surface area (Å²) < 4.78 is 0. The van der Waals surface area contributed by atoms with Gasteiger partial charge in [0.2, 0.25) is 5.95 Å². The highest BCUT2D eigenvalue weighted by Gasteiger charge is 2.26. The minimum atomic E-state index is 0.519. The molecule has 4 nitrogen and oxygen atoms in total. The Kier molecular flexibility index (Phi) is 4.52. The Morgan fingerprint density at radius 2 is 2.23 bits per heavy atom. The van der Waals surface area contributed by atoms with Gasteiger partial charge < -0.3 is 11.1 Å². The smallest absolute Gasteiger partial charge is 0.229 e. The van der Waals surface area contributed by atoms with Crippen LogP contribution >= 0.6 is 11.8 Å². The third kappa shape index (κ3) is 3.35. The largest absolute Gasteiger partial charge is 0.383 e. The predicted molar refractivity (Wildman–Crippen MR) is 94.7 cm³/mol. The Balaban J connectivity index is 1.78. The molecule has 22 heavy (non-hydrogen) atoms. The Morgan fingerprint density at radius 3 is 2.86 bits per heavy atom. The highest BCUT2D eigenvalue weighted by molar-refractivity contribution is 7.98. The lowest BCUT2D eigenvalue weighted by Crippen LogP contribution is -2.03. The highest BCUT2D eigenvalue weighted by Crippen LogP contribution is 2.42. The number of benzene rings is 1. The van der Waals surface area contributed by atoms with Gasteiger partial charge in [-0.2, -0.15) is 16.7 Å². The number of thioether (sulfide) groups is 1. The van der Waals surface area contributed by atoms with Crippen molar-refractivity contribution < 1.29 is 0 Å². The number of nitrogens with two attached hydrogens (primary N) is 1. The van der Waals surface area contributed by atoms with Gasteiger partial charge >= 0.3 is 0 Å². The van der Waals surface area contributed by atoms with Crippen molar-refractivity contribution >= 4 is 29.2 Å². The van der Waals surface area contributed by atoms with E-state index in [1.165, 1.54) is 18.4 Å². The maximum Gasteiger partial charge on any atom is 0.229 e. The molecule has 0 radical (unpaired) electrons. The molecule has 5 heteroatoms. The molecule has 0 bridgehead atoms. The summed E-state index contributed by atoms with van der Waals surface area (Å²) in [6, 6.07) is 8.43. The number of hydrogen-bond donors (Lipinski definition) is 2. The van der Waals surface area contributed by atoms with Gasteiger partial charge in [-0.25, -0.2) is 4.98 Å². The molecule has 1 saturated carbocycles. The molecule has 116 valence electrons. The molecule has 0 saturated heterocycles. The summed E-state index contributed by atoms with van der Waals surface area (Å²) in [4.78, 5) is 8.80. The zero-order chi connectivity index (χ0) is 15.5. The minimum absolute atomic E-state index is 0.519. The number of nitrogen functional groups attached to an aromatic ring is 1. The molecule has 0 aliphatic heterocycles. The third-order valence-corrected chi connectivity index (χ3v) is 5.21. The van der Waals surface area contributed by atoms with Crippen molar-refractivity contribution in [3.05, 3.63) is 41.6 Å². The van der Waals surface area contributed by atoms with Gasteiger partial charge in [0.1, 0.15) is 5.82 Å². The van der Waals surface area contributed by atoms with E-state index in [-0.39, 0.29) is 0 Å². The maximum atomic E-state index is 6.04. The molecule has 3 N–H and O–H groups in total. The van der Waals surface area contributed by atoms with Crippen molar-refractivity contribution in [2.24, 2.45) is 0 Å². The Labute approximate surface area is 135 Å². The van der Waals surface area contributed by atoms with Crippen molar-refractivity contribution in [2.75, 3.05) is 17.3 Å². The van der Waals surface area contributed by atoms with Gasteiger partial charge in [-0.15, -0.1) is 0 Å². The first kappa shape index (κ1) is 15.2. The van der Waals surface area contributed by atoms with E-state index in [1.54, 1.807) is 0 Å². The van der Waals surface area contributed by atoms with Gasteiger partial charge in [-0.3, -0.25) is 0 Å². The fourth-order valence-corrected chi connectivity index (χ4v) is 3.41. The van der Waals surface area contributed by atoms with Crippen molar-refractivity contribution in [3.8, 4) is 0 Å². The fraction of sp³-hybridized carbons (Fsp3) is 0.412. The second-order valence-corrected chi connectivity index (χ2v) is 6.73. The Morgan fingerprint density at radius 1 is 1.41 bits per heavy atom. The van der Waals surface area contributed by atoms with Crippen LogP contribution in [0.15, 0.2) is 30.5 Å². The number of hydrogen-bond acceptors (Lipinski definition) is 5. The first-order valence-corrected chi connectivity index (χ1v) is 9.02. The van der Waals surface area contributed by atoms with E-state index in [0.29, 0.717) is 22.9 Å². The van der Waals surface area contributed by atoms with Crippen LogP contribution in [0.4, 0.5) is 17.5 Å². The van der Waals surface area contributed by atoms with E-state index in [9.17, 15) is 0 Å². The summed E-state index contributed by atoms with van der Waals surface area (Å²) in [6.45, 7) is 2.21. The monoisotopic (exact) mass is 314 g/mol. The van der Waals surface area contributed by atoms with Crippen molar-refractivity contribution in [1.82, 2.24) is 9.97 Å². The van der Waals surface area contributed by atoms with E-state index >= 15 is 0 Å².